The molecule has 8 aromatic rings. The molecule has 4 aliphatic heterocycles. The van der Waals surface area contributed by atoms with Crippen LogP contribution in [0.5, 0.6) is 11.5 Å². The van der Waals surface area contributed by atoms with E-state index in [1.807, 2.05) is 0 Å². The minimum atomic E-state index is -0.623. The molecule has 14 rings (SSSR count). The first-order chi connectivity index (χ1) is 25.8. The number of para-hydroxylation sites is 2. The fraction of sp³-hybridized carbons (Fsp3) is 0.277. The minimum absolute atomic E-state index is 0.564. The van der Waals surface area contributed by atoms with Gasteiger partial charge in [-0.05, 0) is 109 Å². The largest absolute Gasteiger partial charge is 0.456 e. The lowest BCUT2D eigenvalue weighted by molar-refractivity contribution is -0.927. The molecular formula is C47H38N4O+2. The number of rotatable bonds is 2. The molecule has 1 unspecified atom stereocenters. The highest BCUT2D eigenvalue weighted by atomic mass is 16.5. The molecule has 52 heavy (non-hydrogen) atoms. The van der Waals surface area contributed by atoms with Gasteiger partial charge in [0.25, 0.3) is 11.5 Å². The van der Waals surface area contributed by atoms with Gasteiger partial charge < -0.3 is 4.74 Å². The summed E-state index contributed by atoms with van der Waals surface area (Å²) in [6.07, 6.45) is 13.1. The van der Waals surface area contributed by atoms with Crippen molar-refractivity contribution in [1.82, 2.24) is 9.13 Å². The van der Waals surface area contributed by atoms with Gasteiger partial charge in [0, 0.05) is 22.2 Å². The van der Waals surface area contributed by atoms with Gasteiger partial charge >= 0.3 is 5.66 Å². The highest BCUT2D eigenvalue weighted by Crippen LogP contribution is 2.59. The van der Waals surface area contributed by atoms with Gasteiger partial charge in [0.15, 0.2) is 16.9 Å². The molecule has 0 amide bonds. The van der Waals surface area contributed by atoms with Crippen molar-refractivity contribution < 1.29 is 13.9 Å². The van der Waals surface area contributed by atoms with Gasteiger partial charge in [-0.2, -0.15) is 18.3 Å². The molecule has 4 aromatic carbocycles. The fourth-order valence-corrected chi connectivity index (χ4v) is 12.2. The molecule has 0 N–H and O–H groups in total. The van der Waals surface area contributed by atoms with E-state index in [1.165, 1.54) is 148 Å². The Hall–Kier alpha value is -5.42. The van der Waals surface area contributed by atoms with E-state index in [2.05, 4.69) is 115 Å². The number of aromatic nitrogens is 4. The van der Waals surface area contributed by atoms with E-state index in [4.69, 9.17) is 4.74 Å². The number of hydrogen-bond acceptors (Lipinski definition) is 1. The summed E-state index contributed by atoms with van der Waals surface area (Å²) >= 11 is 0. The number of nitrogens with zero attached hydrogens (tertiary/aromatic N) is 4. The molecule has 5 heteroatoms. The van der Waals surface area contributed by atoms with Crippen molar-refractivity contribution in [2.45, 2.75) is 81.7 Å². The summed E-state index contributed by atoms with van der Waals surface area (Å²) < 4.78 is 17.9. The van der Waals surface area contributed by atoms with Crippen molar-refractivity contribution in [2.75, 3.05) is 0 Å². The smallest absolute Gasteiger partial charge is 0.323 e. The summed E-state index contributed by atoms with van der Waals surface area (Å²) in [7, 11) is 0. The average Bonchev–Trinajstić information content (AvgIpc) is 3.83. The van der Waals surface area contributed by atoms with Gasteiger partial charge in [-0.3, -0.25) is 0 Å². The highest BCUT2D eigenvalue weighted by molar-refractivity contribution is 6.13. The standard InChI is InChI=1S/C47H38N4O/c1-3-12-27(13-4-1)29-24-37-38-26-33(28-14-5-2-6-15-28)42-32-17-8-10-19-35(32)48-36-20-11-21-39-43(36)47(51(38)46(42)48)44-40(52-39)23-22-31-30-16-7-9-18-34(30)49(45(31)44)41(25-29)50(37)47/h7-11,16-28H,1-6,12-15H2/q+2. The second-order valence-corrected chi connectivity index (χ2v) is 16.5. The summed E-state index contributed by atoms with van der Waals surface area (Å²) in [5, 5.41) is 5.43. The molecule has 0 saturated heterocycles. The third kappa shape index (κ3) is 2.88. The van der Waals surface area contributed by atoms with Gasteiger partial charge in [0.1, 0.15) is 39.3 Å². The Bertz CT molecular complexity index is 2970. The molecule has 2 aliphatic carbocycles. The number of pyridine rings is 2. The van der Waals surface area contributed by atoms with Crippen LogP contribution in [0.2, 0.25) is 0 Å². The molecule has 0 bridgehead atoms. The Kier molecular flexibility index (Phi) is 4.79. The first kappa shape index (κ1) is 27.3. The molecule has 4 aromatic heterocycles. The van der Waals surface area contributed by atoms with Gasteiger partial charge in [-0.25, -0.2) is 0 Å². The quantitative estimate of drug-likeness (QED) is 0.168. The van der Waals surface area contributed by atoms with E-state index in [0.717, 1.165) is 11.5 Å². The van der Waals surface area contributed by atoms with E-state index in [9.17, 15) is 0 Å². The Labute approximate surface area is 301 Å². The van der Waals surface area contributed by atoms with E-state index in [-0.39, 0.29) is 0 Å². The van der Waals surface area contributed by atoms with Crippen LogP contribution in [-0.2, 0) is 5.66 Å². The zero-order valence-electron chi connectivity index (χ0n) is 29.2. The first-order valence-electron chi connectivity index (χ1n) is 19.8. The SMILES string of the molecule is c1cc2c3c(c1)-n1c4ccccc4c4c(C5CCCCC5)cc5[n+](c41)C31c3c(ccc4c6ccccc6n(c34)-c3cc(C4CCCCC4)cc-5[n+]31)O2. The third-order valence-electron chi connectivity index (χ3n) is 14.2. The highest BCUT2D eigenvalue weighted by Gasteiger charge is 2.69. The Balaban J connectivity index is 1.27. The van der Waals surface area contributed by atoms with Gasteiger partial charge in [0.05, 0.1) is 5.39 Å². The molecule has 1 atom stereocenters. The van der Waals surface area contributed by atoms with E-state index in [1.54, 1.807) is 5.56 Å². The predicted molar refractivity (Wildman–Crippen MR) is 204 cm³/mol. The molecule has 5 nitrogen and oxygen atoms in total. The molecule has 6 aliphatic rings. The van der Waals surface area contributed by atoms with Crippen molar-refractivity contribution in [2.24, 2.45) is 0 Å². The van der Waals surface area contributed by atoms with Crippen LogP contribution in [0.1, 0.15) is 98.3 Å². The summed E-state index contributed by atoms with van der Waals surface area (Å²) in [4.78, 5) is 0. The van der Waals surface area contributed by atoms with Crippen LogP contribution in [0.25, 0.3) is 66.6 Å². The molecule has 2 fully saturated rings. The van der Waals surface area contributed by atoms with Crippen LogP contribution in [0.15, 0.2) is 97.1 Å². The van der Waals surface area contributed by atoms with Crippen molar-refractivity contribution >= 4 is 43.7 Å². The topological polar surface area (TPSA) is 26.8 Å². The summed E-state index contributed by atoms with van der Waals surface area (Å²) in [5.74, 6) is 4.37. The number of benzene rings is 4. The second-order valence-electron chi connectivity index (χ2n) is 16.5. The molecule has 1 spiro atoms. The van der Waals surface area contributed by atoms with Crippen molar-refractivity contribution in [3.05, 3.63) is 119 Å². The predicted octanol–water partition coefficient (Wildman–Crippen LogP) is 10.6. The Morgan fingerprint density at radius 2 is 1.29 bits per heavy atom. The lowest BCUT2D eigenvalue weighted by Gasteiger charge is -2.39. The summed E-state index contributed by atoms with van der Waals surface area (Å²) in [5.41, 5.74) is 14.1. The zero-order chi connectivity index (χ0) is 33.4. The summed E-state index contributed by atoms with van der Waals surface area (Å²) in [6.45, 7) is 0. The van der Waals surface area contributed by atoms with Crippen LogP contribution in [0, 0.1) is 0 Å². The molecule has 8 heterocycles. The first-order valence-corrected chi connectivity index (χ1v) is 19.8. The van der Waals surface area contributed by atoms with Crippen LogP contribution >= 0.6 is 0 Å². The van der Waals surface area contributed by atoms with Crippen LogP contribution in [-0.4, -0.2) is 9.13 Å². The van der Waals surface area contributed by atoms with Gasteiger partial charge in [0.2, 0.25) is 0 Å². The lowest BCUT2D eigenvalue weighted by atomic mass is 9.81. The minimum Gasteiger partial charge on any atom is -0.456 e. The van der Waals surface area contributed by atoms with Crippen LogP contribution in [0.4, 0.5) is 0 Å². The maximum absolute atomic E-state index is 7.10. The van der Waals surface area contributed by atoms with E-state index in [0.29, 0.717) is 11.8 Å². The summed E-state index contributed by atoms with van der Waals surface area (Å²) in [6, 6.07) is 37.5. The molecule has 0 radical (unpaired) electrons. The maximum atomic E-state index is 7.10. The van der Waals surface area contributed by atoms with Gasteiger partial charge in [-0.15, -0.1) is 0 Å². The van der Waals surface area contributed by atoms with Crippen LogP contribution in [0.3, 0.4) is 0 Å². The van der Waals surface area contributed by atoms with Crippen LogP contribution < -0.4 is 13.9 Å². The van der Waals surface area contributed by atoms with Crippen molar-refractivity contribution in [1.29, 1.82) is 0 Å². The number of ether oxygens (including phenoxy) is 1. The average molecular weight is 675 g/mol. The Morgan fingerprint density at radius 1 is 0.577 bits per heavy atom. The number of fused-ring (bicyclic) bond motifs is 9. The Morgan fingerprint density at radius 3 is 2.12 bits per heavy atom. The molecular weight excluding hydrogens is 637 g/mol. The maximum Gasteiger partial charge on any atom is 0.323 e. The second kappa shape index (κ2) is 9.14. The lowest BCUT2D eigenvalue weighted by Crippen LogP contribution is -2.75. The number of hydrogen-bond donors (Lipinski definition) is 0. The van der Waals surface area contributed by atoms with E-state index < -0.39 is 5.66 Å². The molecule has 250 valence electrons. The van der Waals surface area contributed by atoms with Gasteiger partial charge in [-0.1, -0.05) is 68.9 Å². The van der Waals surface area contributed by atoms with Crippen molar-refractivity contribution in [3.63, 3.8) is 0 Å². The third-order valence-corrected chi connectivity index (χ3v) is 14.2. The normalized spacial score (nSPS) is 20.8. The fourth-order valence-electron chi connectivity index (χ4n) is 12.2. The van der Waals surface area contributed by atoms with Crippen molar-refractivity contribution in [3.8, 4) is 34.4 Å². The molecule has 2 saturated carbocycles. The zero-order valence-corrected chi connectivity index (χ0v) is 29.2. The monoisotopic (exact) mass is 674 g/mol. The van der Waals surface area contributed by atoms with E-state index >= 15 is 0 Å².